The van der Waals surface area contributed by atoms with Crippen LogP contribution in [-0.4, -0.2) is 30.0 Å². The van der Waals surface area contributed by atoms with Gasteiger partial charge in [0.15, 0.2) is 13.2 Å². The fraction of sp³-hybridized carbons (Fsp3) is 0.176. The first-order valence-corrected chi connectivity index (χ1v) is 7.67. The smallest absolute Gasteiger partial charge is 0.271 e. The summed E-state index contributed by atoms with van der Waals surface area (Å²) in [5.74, 6) is 0.161. The maximum atomic E-state index is 12.1. The molecule has 2 aromatic rings. The second kappa shape index (κ2) is 7.09. The Morgan fingerprint density at radius 3 is 2.92 bits per heavy atom. The number of hydrogen-bond donors (Lipinski definition) is 2. The van der Waals surface area contributed by atoms with Crippen LogP contribution in [0, 0.1) is 17.0 Å². The summed E-state index contributed by atoms with van der Waals surface area (Å²) < 4.78 is 10.6. The molecule has 2 N–H and O–H groups in total. The maximum absolute atomic E-state index is 12.1. The molecule has 1 aliphatic rings. The topological polar surface area (TPSA) is 120 Å². The SMILES string of the molecule is Cc1ccc([N+](=O)[O-])cc1NC(=O)COc1ccc2c(c1)NC(=O)CO2. The van der Waals surface area contributed by atoms with Gasteiger partial charge in [-0.25, -0.2) is 0 Å². The lowest BCUT2D eigenvalue weighted by molar-refractivity contribution is -0.384. The first kappa shape index (κ1) is 17.2. The van der Waals surface area contributed by atoms with Crippen LogP contribution in [0.2, 0.25) is 0 Å². The van der Waals surface area contributed by atoms with Crippen LogP contribution in [0.15, 0.2) is 36.4 Å². The number of carbonyl (C=O) groups excluding carboxylic acids is 2. The molecule has 0 spiro atoms. The zero-order valence-electron chi connectivity index (χ0n) is 13.8. The summed E-state index contributed by atoms with van der Waals surface area (Å²) in [6, 6.07) is 9.01. The van der Waals surface area contributed by atoms with Gasteiger partial charge in [0.1, 0.15) is 11.5 Å². The van der Waals surface area contributed by atoms with E-state index in [1.807, 2.05) is 0 Å². The van der Waals surface area contributed by atoms with E-state index in [1.165, 1.54) is 12.1 Å². The Morgan fingerprint density at radius 2 is 2.15 bits per heavy atom. The van der Waals surface area contributed by atoms with E-state index in [4.69, 9.17) is 9.47 Å². The Balaban J connectivity index is 1.63. The number of carbonyl (C=O) groups is 2. The first-order valence-electron chi connectivity index (χ1n) is 7.67. The van der Waals surface area contributed by atoms with E-state index in [2.05, 4.69) is 10.6 Å². The monoisotopic (exact) mass is 357 g/mol. The number of fused-ring (bicyclic) bond motifs is 1. The molecule has 2 aromatic carbocycles. The summed E-state index contributed by atoms with van der Waals surface area (Å²) in [5.41, 5.74) is 1.39. The minimum atomic E-state index is -0.533. The van der Waals surface area contributed by atoms with Gasteiger partial charge in [-0.2, -0.15) is 0 Å². The van der Waals surface area contributed by atoms with E-state index in [-0.39, 0.29) is 24.8 Å². The van der Waals surface area contributed by atoms with Crippen molar-refractivity contribution < 1.29 is 24.0 Å². The van der Waals surface area contributed by atoms with Crippen molar-refractivity contribution in [3.8, 4) is 11.5 Å². The van der Waals surface area contributed by atoms with Crippen LogP contribution in [0.4, 0.5) is 17.1 Å². The van der Waals surface area contributed by atoms with Crippen LogP contribution in [0.3, 0.4) is 0 Å². The van der Waals surface area contributed by atoms with Gasteiger partial charge in [-0.15, -0.1) is 0 Å². The number of nitrogens with one attached hydrogen (secondary N) is 2. The van der Waals surface area contributed by atoms with Crippen molar-refractivity contribution in [3.05, 3.63) is 52.1 Å². The minimum Gasteiger partial charge on any atom is -0.484 e. The molecule has 26 heavy (non-hydrogen) atoms. The molecular weight excluding hydrogens is 342 g/mol. The zero-order valence-corrected chi connectivity index (χ0v) is 13.8. The average Bonchev–Trinajstić information content (AvgIpc) is 2.61. The predicted octanol–water partition coefficient (Wildman–Crippen LogP) is 2.25. The van der Waals surface area contributed by atoms with Crippen molar-refractivity contribution >= 4 is 28.9 Å². The Hall–Kier alpha value is -3.62. The third kappa shape index (κ3) is 3.89. The highest BCUT2D eigenvalue weighted by molar-refractivity contribution is 5.95. The summed E-state index contributed by atoms with van der Waals surface area (Å²) in [6.07, 6.45) is 0. The second-order valence-corrected chi connectivity index (χ2v) is 5.59. The maximum Gasteiger partial charge on any atom is 0.271 e. The molecule has 1 aliphatic heterocycles. The quantitative estimate of drug-likeness (QED) is 0.625. The van der Waals surface area contributed by atoms with E-state index >= 15 is 0 Å². The normalized spacial score (nSPS) is 12.4. The molecule has 0 bridgehead atoms. The molecule has 9 heteroatoms. The van der Waals surface area contributed by atoms with Gasteiger partial charge in [0.2, 0.25) is 0 Å². The van der Waals surface area contributed by atoms with E-state index in [0.29, 0.717) is 28.4 Å². The largest absolute Gasteiger partial charge is 0.484 e. The number of nitro groups is 1. The molecule has 0 fully saturated rings. The number of aryl methyl sites for hydroxylation is 1. The summed E-state index contributed by atoms with van der Waals surface area (Å²) in [5, 5.41) is 16.1. The third-order valence-electron chi connectivity index (χ3n) is 3.66. The number of nitrogens with zero attached hydrogens (tertiary/aromatic N) is 1. The van der Waals surface area contributed by atoms with Crippen LogP contribution in [0.1, 0.15) is 5.56 Å². The van der Waals surface area contributed by atoms with Crippen molar-refractivity contribution in [2.24, 2.45) is 0 Å². The Bertz CT molecular complexity index is 896. The minimum absolute atomic E-state index is 0.0435. The van der Waals surface area contributed by atoms with E-state index in [0.717, 1.165) is 0 Å². The Labute approximate surface area is 148 Å². The van der Waals surface area contributed by atoms with Gasteiger partial charge in [-0.3, -0.25) is 19.7 Å². The van der Waals surface area contributed by atoms with Crippen LogP contribution in [0.5, 0.6) is 11.5 Å². The lowest BCUT2D eigenvalue weighted by Crippen LogP contribution is -2.25. The molecule has 0 radical (unpaired) electrons. The molecule has 0 aliphatic carbocycles. The van der Waals surface area contributed by atoms with Crippen LogP contribution in [0.25, 0.3) is 0 Å². The van der Waals surface area contributed by atoms with Crippen molar-refractivity contribution in [3.63, 3.8) is 0 Å². The van der Waals surface area contributed by atoms with Crippen molar-refractivity contribution in [1.82, 2.24) is 0 Å². The van der Waals surface area contributed by atoms with Gasteiger partial charge >= 0.3 is 0 Å². The number of hydrogen-bond acceptors (Lipinski definition) is 6. The van der Waals surface area contributed by atoms with Gasteiger partial charge in [-0.1, -0.05) is 6.07 Å². The van der Waals surface area contributed by atoms with Crippen LogP contribution >= 0.6 is 0 Å². The fourth-order valence-electron chi connectivity index (χ4n) is 2.35. The second-order valence-electron chi connectivity index (χ2n) is 5.59. The molecule has 0 saturated carbocycles. The fourth-order valence-corrected chi connectivity index (χ4v) is 2.35. The highest BCUT2D eigenvalue weighted by Crippen LogP contribution is 2.31. The summed E-state index contributed by atoms with van der Waals surface area (Å²) in [6.45, 7) is 1.39. The molecule has 0 unspecified atom stereocenters. The standard InChI is InChI=1S/C17H15N3O6/c1-10-2-3-11(20(23)24)6-13(10)18-16(21)8-25-12-4-5-15-14(7-12)19-17(22)9-26-15/h2-7H,8-9H2,1H3,(H,18,21)(H,19,22). The molecular formula is C17H15N3O6. The number of ether oxygens (including phenoxy) is 2. The third-order valence-corrected chi connectivity index (χ3v) is 3.66. The number of non-ortho nitro benzene ring substituents is 1. The number of benzene rings is 2. The van der Waals surface area contributed by atoms with Crippen molar-refractivity contribution in [1.29, 1.82) is 0 Å². The Morgan fingerprint density at radius 1 is 1.35 bits per heavy atom. The number of anilines is 2. The predicted molar refractivity (Wildman–Crippen MR) is 92.5 cm³/mol. The molecule has 1 heterocycles. The van der Waals surface area contributed by atoms with Crippen molar-refractivity contribution in [2.45, 2.75) is 6.92 Å². The number of nitro benzene ring substituents is 1. The average molecular weight is 357 g/mol. The van der Waals surface area contributed by atoms with E-state index < -0.39 is 10.8 Å². The summed E-state index contributed by atoms with van der Waals surface area (Å²) >= 11 is 0. The summed E-state index contributed by atoms with van der Waals surface area (Å²) in [7, 11) is 0. The highest BCUT2D eigenvalue weighted by Gasteiger charge is 2.17. The molecule has 3 rings (SSSR count). The lowest BCUT2D eigenvalue weighted by atomic mass is 10.2. The van der Waals surface area contributed by atoms with Crippen LogP contribution in [-0.2, 0) is 9.59 Å². The summed E-state index contributed by atoms with van der Waals surface area (Å²) in [4.78, 5) is 33.7. The highest BCUT2D eigenvalue weighted by atomic mass is 16.6. The Kier molecular flexibility index (Phi) is 4.70. The van der Waals surface area contributed by atoms with Gasteiger partial charge in [0.25, 0.3) is 17.5 Å². The van der Waals surface area contributed by atoms with Crippen LogP contribution < -0.4 is 20.1 Å². The number of rotatable bonds is 5. The molecule has 0 atom stereocenters. The molecule has 2 amide bonds. The van der Waals surface area contributed by atoms with Gasteiger partial charge in [0, 0.05) is 18.2 Å². The number of amides is 2. The first-order chi connectivity index (χ1) is 12.4. The molecule has 9 nitrogen and oxygen atoms in total. The van der Waals surface area contributed by atoms with E-state index in [1.54, 1.807) is 31.2 Å². The van der Waals surface area contributed by atoms with Crippen molar-refractivity contribution in [2.75, 3.05) is 23.8 Å². The van der Waals surface area contributed by atoms with Gasteiger partial charge in [-0.05, 0) is 24.6 Å². The molecule has 0 aromatic heterocycles. The zero-order chi connectivity index (χ0) is 18.7. The lowest BCUT2D eigenvalue weighted by Gasteiger charge is -2.18. The van der Waals surface area contributed by atoms with Gasteiger partial charge in [0.05, 0.1) is 16.3 Å². The van der Waals surface area contributed by atoms with E-state index in [9.17, 15) is 19.7 Å². The molecule has 134 valence electrons. The van der Waals surface area contributed by atoms with Gasteiger partial charge < -0.3 is 20.1 Å². The molecule has 0 saturated heterocycles.